The molecule has 1 atom stereocenters. The summed E-state index contributed by atoms with van der Waals surface area (Å²) in [7, 11) is 0. The zero-order valence-corrected chi connectivity index (χ0v) is 11.3. The molecule has 0 aliphatic carbocycles. The largest absolute Gasteiger partial charge is 0.340 e. The summed E-state index contributed by atoms with van der Waals surface area (Å²) in [6, 6.07) is 18.8. The van der Waals surface area contributed by atoms with Crippen LogP contribution in [-0.4, -0.2) is 4.57 Å². The zero-order chi connectivity index (χ0) is 13.2. The highest BCUT2D eigenvalue weighted by Crippen LogP contribution is 2.28. The predicted octanol–water partition coefficient (Wildman–Crippen LogP) is 5.11. The molecule has 0 aliphatic heterocycles. The number of halogens is 1. The quantitative estimate of drug-likeness (QED) is 0.622. The second-order valence-electron chi connectivity index (χ2n) is 4.64. The van der Waals surface area contributed by atoms with Gasteiger partial charge in [-0.3, -0.25) is 0 Å². The van der Waals surface area contributed by atoms with Crippen LogP contribution in [0.1, 0.15) is 18.0 Å². The third-order valence-electron chi connectivity index (χ3n) is 3.48. The number of nitrogens with zero attached hydrogens (tertiary/aromatic N) is 1. The Bertz CT molecular complexity index is 685. The highest BCUT2D eigenvalue weighted by Gasteiger charge is 2.13. The zero-order valence-electron chi connectivity index (χ0n) is 10.6. The van der Waals surface area contributed by atoms with Crippen LogP contribution in [0, 0.1) is 6.92 Å². The minimum absolute atomic E-state index is 0.247. The Balaban J connectivity index is 2.14. The smallest absolute Gasteiger partial charge is 0.0585 e. The molecule has 0 amide bonds. The Labute approximate surface area is 118 Å². The van der Waals surface area contributed by atoms with Crippen LogP contribution in [0.3, 0.4) is 0 Å². The van der Waals surface area contributed by atoms with Gasteiger partial charge in [0.2, 0.25) is 0 Å². The lowest BCUT2D eigenvalue weighted by atomic mass is 10.0. The predicted molar refractivity (Wildman–Crippen MR) is 81.5 cm³/mol. The van der Waals surface area contributed by atoms with Crippen molar-refractivity contribution < 1.29 is 0 Å². The normalized spacial score (nSPS) is 12.7. The minimum atomic E-state index is 0.247. The van der Waals surface area contributed by atoms with E-state index in [4.69, 9.17) is 11.6 Å². The average molecular weight is 269 g/mol. The lowest BCUT2D eigenvalue weighted by Gasteiger charge is -2.19. The van der Waals surface area contributed by atoms with Crippen molar-refractivity contribution in [3.05, 3.63) is 78.3 Å². The molecule has 3 rings (SSSR count). The van der Waals surface area contributed by atoms with Crippen LogP contribution in [0.15, 0.2) is 60.8 Å². The molecule has 0 bridgehead atoms. The van der Waals surface area contributed by atoms with Crippen molar-refractivity contribution in [3.8, 4) is 0 Å². The maximum atomic E-state index is 6.11. The molecule has 2 aromatic carbocycles. The second kappa shape index (κ2) is 5.10. The van der Waals surface area contributed by atoms with E-state index < -0.39 is 0 Å². The molecular weight excluding hydrogens is 254 g/mol. The van der Waals surface area contributed by atoms with Crippen molar-refractivity contribution >= 4 is 22.5 Å². The van der Waals surface area contributed by atoms with Gasteiger partial charge in [0.25, 0.3) is 0 Å². The van der Waals surface area contributed by atoms with E-state index in [2.05, 4.69) is 54.1 Å². The fraction of sp³-hybridized carbons (Fsp3) is 0.118. The van der Waals surface area contributed by atoms with Gasteiger partial charge in [-0.05, 0) is 35.6 Å². The van der Waals surface area contributed by atoms with Gasteiger partial charge in [-0.2, -0.15) is 0 Å². The standard InChI is InChI=1S/C17H15ClN/c1-2-16(13-6-4-3-5-7-13)19-11-10-14-8-9-15(18)12-17(14)19/h3-12,16H,1-2H2. The Morgan fingerprint density at radius 3 is 2.58 bits per heavy atom. The number of hydrogen-bond acceptors (Lipinski definition) is 0. The van der Waals surface area contributed by atoms with Gasteiger partial charge >= 0.3 is 0 Å². The first-order chi connectivity index (χ1) is 9.29. The molecule has 1 radical (unpaired) electrons. The highest BCUT2D eigenvalue weighted by atomic mass is 35.5. The van der Waals surface area contributed by atoms with E-state index in [0.717, 1.165) is 17.0 Å². The van der Waals surface area contributed by atoms with Crippen LogP contribution in [0.25, 0.3) is 10.9 Å². The molecule has 0 fully saturated rings. The van der Waals surface area contributed by atoms with E-state index in [0.29, 0.717) is 0 Å². The minimum Gasteiger partial charge on any atom is -0.340 e. The van der Waals surface area contributed by atoms with Gasteiger partial charge in [0.15, 0.2) is 0 Å². The molecule has 0 spiro atoms. The van der Waals surface area contributed by atoms with Gasteiger partial charge in [0, 0.05) is 11.2 Å². The average Bonchev–Trinajstić information content (AvgIpc) is 2.84. The molecule has 0 aliphatic rings. The maximum absolute atomic E-state index is 6.11. The Morgan fingerprint density at radius 1 is 1.05 bits per heavy atom. The fourth-order valence-corrected chi connectivity index (χ4v) is 2.70. The molecule has 0 N–H and O–H groups in total. The van der Waals surface area contributed by atoms with Gasteiger partial charge in [-0.15, -0.1) is 0 Å². The second-order valence-corrected chi connectivity index (χ2v) is 5.08. The van der Waals surface area contributed by atoms with E-state index in [-0.39, 0.29) is 6.04 Å². The molecule has 2 heteroatoms. The van der Waals surface area contributed by atoms with E-state index in [1.807, 2.05) is 18.2 Å². The molecule has 1 heterocycles. The first-order valence-corrected chi connectivity index (χ1v) is 6.77. The summed E-state index contributed by atoms with van der Waals surface area (Å²) in [5.41, 5.74) is 2.43. The monoisotopic (exact) mass is 268 g/mol. The SMILES string of the molecule is [CH2]CC(c1ccccc1)n1ccc2ccc(Cl)cc21. The Morgan fingerprint density at radius 2 is 1.84 bits per heavy atom. The summed E-state index contributed by atoms with van der Waals surface area (Å²) in [5, 5.41) is 1.97. The first kappa shape index (κ1) is 12.3. The molecule has 1 nitrogen and oxygen atoms in total. The number of fused-ring (bicyclic) bond motifs is 1. The summed E-state index contributed by atoms with van der Waals surface area (Å²) in [4.78, 5) is 0. The number of rotatable bonds is 3. The molecule has 95 valence electrons. The van der Waals surface area contributed by atoms with Crippen molar-refractivity contribution in [1.29, 1.82) is 0 Å². The molecular formula is C17H15ClN. The fourth-order valence-electron chi connectivity index (χ4n) is 2.54. The first-order valence-electron chi connectivity index (χ1n) is 6.40. The molecule has 0 saturated heterocycles. The van der Waals surface area contributed by atoms with E-state index >= 15 is 0 Å². The van der Waals surface area contributed by atoms with Gasteiger partial charge in [-0.1, -0.05) is 54.9 Å². The molecule has 1 aromatic heterocycles. The maximum Gasteiger partial charge on any atom is 0.0585 e. The van der Waals surface area contributed by atoms with Crippen molar-refractivity contribution in [2.24, 2.45) is 0 Å². The van der Waals surface area contributed by atoms with Crippen LogP contribution < -0.4 is 0 Å². The molecule has 19 heavy (non-hydrogen) atoms. The summed E-state index contributed by atoms with van der Waals surface area (Å²) in [6.07, 6.45) is 2.92. The van der Waals surface area contributed by atoms with Crippen molar-refractivity contribution in [1.82, 2.24) is 4.57 Å². The summed E-state index contributed by atoms with van der Waals surface area (Å²) in [6.45, 7) is 4.09. The lowest BCUT2D eigenvalue weighted by Crippen LogP contribution is -2.08. The molecule has 1 unspecified atom stereocenters. The van der Waals surface area contributed by atoms with Gasteiger partial charge in [-0.25, -0.2) is 0 Å². The lowest BCUT2D eigenvalue weighted by molar-refractivity contribution is 0.611. The van der Waals surface area contributed by atoms with Crippen molar-refractivity contribution in [3.63, 3.8) is 0 Å². The number of hydrogen-bond donors (Lipinski definition) is 0. The van der Waals surface area contributed by atoms with Crippen LogP contribution in [0.4, 0.5) is 0 Å². The molecule has 0 saturated carbocycles. The number of benzene rings is 2. The van der Waals surface area contributed by atoms with Crippen LogP contribution >= 0.6 is 11.6 Å². The summed E-state index contributed by atoms with van der Waals surface area (Å²) >= 11 is 6.11. The topological polar surface area (TPSA) is 4.93 Å². The Hall–Kier alpha value is -1.73. The highest BCUT2D eigenvalue weighted by molar-refractivity contribution is 6.31. The third kappa shape index (κ3) is 2.26. The summed E-state index contributed by atoms with van der Waals surface area (Å²) in [5.74, 6) is 0. The van der Waals surface area contributed by atoms with Gasteiger partial charge < -0.3 is 4.57 Å². The summed E-state index contributed by atoms with van der Waals surface area (Å²) < 4.78 is 2.25. The van der Waals surface area contributed by atoms with Gasteiger partial charge in [0.1, 0.15) is 0 Å². The number of aromatic nitrogens is 1. The molecule has 3 aromatic rings. The van der Waals surface area contributed by atoms with Crippen molar-refractivity contribution in [2.75, 3.05) is 0 Å². The van der Waals surface area contributed by atoms with E-state index in [9.17, 15) is 0 Å². The van der Waals surface area contributed by atoms with Crippen molar-refractivity contribution in [2.45, 2.75) is 12.5 Å². The van der Waals surface area contributed by atoms with E-state index in [1.165, 1.54) is 10.9 Å². The third-order valence-corrected chi connectivity index (χ3v) is 3.71. The van der Waals surface area contributed by atoms with Crippen LogP contribution in [0.5, 0.6) is 0 Å². The Kier molecular flexibility index (Phi) is 3.31. The van der Waals surface area contributed by atoms with E-state index in [1.54, 1.807) is 0 Å². The van der Waals surface area contributed by atoms with Gasteiger partial charge in [0.05, 0.1) is 11.6 Å². The van der Waals surface area contributed by atoms with Crippen LogP contribution in [0.2, 0.25) is 5.02 Å². The van der Waals surface area contributed by atoms with Crippen LogP contribution in [-0.2, 0) is 0 Å².